The molecule has 2 atom stereocenters. The van der Waals surface area contributed by atoms with Crippen molar-refractivity contribution in [2.75, 3.05) is 13.7 Å². The van der Waals surface area contributed by atoms with Crippen molar-refractivity contribution < 1.29 is 4.74 Å². The lowest BCUT2D eigenvalue weighted by atomic mass is 9.94. The quantitative estimate of drug-likeness (QED) is 0.790. The third-order valence-electron chi connectivity index (χ3n) is 3.37. The van der Waals surface area contributed by atoms with Crippen molar-refractivity contribution in [3.63, 3.8) is 0 Å². The highest BCUT2D eigenvalue weighted by Crippen LogP contribution is 2.31. The van der Waals surface area contributed by atoms with Crippen LogP contribution in [-0.2, 0) is 0 Å². The summed E-state index contributed by atoms with van der Waals surface area (Å²) in [5.41, 5.74) is 1.17. The highest BCUT2D eigenvalue weighted by Gasteiger charge is 2.16. The van der Waals surface area contributed by atoms with Crippen LogP contribution in [0, 0.1) is 5.92 Å². The maximum absolute atomic E-state index is 6.35. The van der Waals surface area contributed by atoms with Crippen molar-refractivity contribution in [1.29, 1.82) is 0 Å². The molecule has 0 radical (unpaired) electrons. The monoisotopic (exact) mass is 269 g/mol. The molecule has 0 aliphatic heterocycles. The number of hydrogen-bond donors (Lipinski definition) is 1. The SMILES string of the molecule is CCNC(CC(C)CC)c1ccc(OC)cc1Cl. The molecule has 1 aromatic carbocycles. The Kier molecular flexibility index (Phi) is 6.51. The van der Waals surface area contributed by atoms with Gasteiger partial charge >= 0.3 is 0 Å². The zero-order valence-corrected chi connectivity index (χ0v) is 12.6. The van der Waals surface area contributed by atoms with E-state index in [1.54, 1.807) is 7.11 Å². The van der Waals surface area contributed by atoms with E-state index < -0.39 is 0 Å². The second-order valence-electron chi connectivity index (χ2n) is 4.75. The molecule has 0 spiro atoms. The van der Waals surface area contributed by atoms with Crippen LogP contribution in [0.2, 0.25) is 5.02 Å². The minimum Gasteiger partial charge on any atom is -0.497 e. The predicted molar refractivity (Wildman–Crippen MR) is 78.5 cm³/mol. The highest BCUT2D eigenvalue weighted by atomic mass is 35.5. The van der Waals surface area contributed by atoms with Crippen molar-refractivity contribution in [1.82, 2.24) is 5.32 Å². The maximum atomic E-state index is 6.35. The molecule has 2 nitrogen and oxygen atoms in total. The van der Waals surface area contributed by atoms with Crippen molar-refractivity contribution in [3.8, 4) is 5.75 Å². The van der Waals surface area contributed by atoms with Crippen LogP contribution in [0.15, 0.2) is 18.2 Å². The van der Waals surface area contributed by atoms with Gasteiger partial charge in [-0.3, -0.25) is 0 Å². The Morgan fingerprint density at radius 1 is 1.33 bits per heavy atom. The van der Waals surface area contributed by atoms with Gasteiger partial charge in [0.2, 0.25) is 0 Å². The second kappa shape index (κ2) is 7.65. The lowest BCUT2D eigenvalue weighted by Crippen LogP contribution is -2.23. The van der Waals surface area contributed by atoms with Crippen LogP contribution in [0.3, 0.4) is 0 Å². The third kappa shape index (κ3) is 4.18. The molecule has 3 heteroatoms. The molecule has 0 amide bonds. The number of methoxy groups -OCH3 is 1. The van der Waals surface area contributed by atoms with Crippen molar-refractivity contribution in [2.24, 2.45) is 5.92 Å². The summed E-state index contributed by atoms with van der Waals surface area (Å²) in [6.45, 7) is 7.58. The van der Waals surface area contributed by atoms with Gasteiger partial charge in [-0.15, -0.1) is 0 Å². The van der Waals surface area contributed by atoms with Crippen molar-refractivity contribution in [2.45, 2.75) is 39.7 Å². The average Bonchev–Trinajstić information content (AvgIpc) is 2.38. The Labute approximate surface area is 116 Å². The molecule has 0 saturated heterocycles. The van der Waals surface area contributed by atoms with E-state index in [0.717, 1.165) is 23.7 Å². The molecule has 0 aliphatic carbocycles. The van der Waals surface area contributed by atoms with Crippen LogP contribution in [-0.4, -0.2) is 13.7 Å². The smallest absolute Gasteiger partial charge is 0.120 e. The lowest BCUT2D eigenvalue weighted by Gasteiger charge is -2.23. The Bertz CT molecular complexity index is 368. The third-order valence-corrected chi connectivity index (χ3v) is 3.70. The van der Waals surface area contributed by atoms with Gasteiger partial charge in [0.15, 0.2) is 0 Å². The van der Waals surface area contributed by atoms with Crippen LogP contribution < -0.4 is 10.1 Å². The summed E-state index contributed by atoms with van der Waals surface area (Å²) in [6.07, 6.45) is 2.30. The Morgan fingerprint density at radius 3 is 2.56 bits per heavy atom. The van der Waals surface area contributed by atoms with E-state index in [0.29, 0.717) is 12.0 Å². The molecular weight excluding hydrogens is 246 g/mol. The van der Waals surface area contributed by atoms with Gasteiger partial charge in [-0.25, -0.2) is 0 Å². The summed E-state index contributed by atoms with van der Waals surface area (Å²) in [5, 5.41) is 4.30. The number of nitrogens with one attached hydrogen (secondary N) is 1. The number of benzene rings is 1. The molecule has 0 bridgehead atoms. The summed E-state index contributed by atoms with van der Waals surface area (Å²) in [5.74, 6) is 1.50. The fourth-order valence-corrected chi connectivity index (χ4v) is 2.36. The Hall–Kier alpha value is -0.730. The zero-order chi connectivity index (χ0) is 13.5. The first kappa shape index (κ1) is 15.3. The Balaban J connectivity index is 2.90. The van der Waals surface area contributed by atoms with Crippen LogP contribution in [0.5, 0.6) is 5.75 Å². The van der Waals surface area contributed by atoms with Gasteiger partial charge in [0, 0.05) is 11.1 Å². The fraction of sp³-hybridized carbons (Fsp3) is 0.600. The molecule has 0 aliphatic rings. The topological polar surface area (TPSA) is 21.3 Å². The van der Waals surface area contributed by atoms with Gasteiger partial charge in [-0.1, -0.05) is 44.9 Å². The van der Waals surface area contributed by atoms with Crippen molar-refractivity contribution in [3.05, 3.63) is 28.8 Å². The molecule has 18 heavy (non-hydrogen) atoms. The van der Waals surface area contributed by atoms with Crippen molar-refractivity contribution >= 4 is 11.6 Å². The minimum absolute atomic E-state index is 0.323. The van der Waals surface area contributed by atoms with E-state index in [-0.39, 0.29) is 0 Å². The molecule has 0 saturated carbocycles. The van der Waals surface area contributed by atoms with E-state index in [1.807, 2.05) is 12.1 Å². The number of ether oxygens (including phenoxy) is 1. The van der Waals surface area contributed by atoms with Gasteiger partial charge in [-0.05, 0) is 36.6 Å². The predicted octanol–water partition coefficient (Wildman–Crippen LogP) is 4.44. The number of hydrogen-bond acceptors (Lipinski definition) is 2. The van der Waals surface area contributed by atoms with Crippen LogP contribution in [0.25, 0.3) is 0 Å². The molecular formula is C15H24ClNO. The summed E-state index contributed by atoms with van der Waals surface area (Å²) in [7, 11) is 1.66. The second-order valence-corrected chi connectivity index (χ2v) is 5.15. The van der Waals surface area contributed by atoms with Gasteiger partial charge in [-0.2, -0.15) is 0 Å². The van der Waals surface area contributed by atoms with Crippen LogP contribution >= 0.6 is 11.6 Å². The molecule has 1 N–H and O–H groups in total. The average molecular weight is 270 g/mol. The number of rotatable bonds is 7. The van der Waals surface area contributed by atoms with Crippen LogP contribution in [0.4, 0.5) is 0 Å². The van der Waals surface area contributed by atoms with E-state index in [2.05, 4.69) is 32.2 Å². The largest absolute Gasteiger partial charge is 0.497 e. The summed E-state index contributed by atoms with van der Waals surface area (Å²) in [6, 6.07) is 6.25. The van der Waals surface area contributed by atoms with Gasteiger partial charge < -0.3 is 10.1 Å². The van der Waals surface area contributed by atoms with Gasteiger partial charge in [0.1, 0.15) is 5.75 Å². The first-order valence-electron chi connectivity index (χ1n) is 6.69. The van der Waals surface area contributed by atoms with E-state index >= 15 is 0 Å². The molecule has 0 aromatic heterocycles. The molecule has 0 heterocycles. The zero-order valence-electron chi connectivity index (χ0n) is 11.8. The van der Waals surface area contributed by atoms with E-state index in [9.17, 15) is 0 Å². The lowest BCUT2D eigenvalue weighted by molar-refractivity contribution is 0.404. The highest BCUT2D eigenvalue weighted by molar-refractivity contribution is 6.31. The molecule has 1 rings (SSSR count). The Morgan fingerprint density at radius 2 is 2.06 bits per heavy atom. The van der Waals surface area contributed by atoms with E-state index in [4.69, 9.17) is 16.3 Å². The first-order valence-corrected chi connectivity index (χ1v) is 7.06. The molecule has 0 fully saturated rings. The molecule has 1 aromatic rings. The minimum atomic E-state index is 0.323. The maximum Gasteiger partial charge on any atom is 0.120 e. The standard InChI is InChI=1S/C15H24ClNO/c1-5-11(3)9-15(17-6-2)13-8-7-12(18-4)10-14(13)16/h7-8,10-11,15,17H,5-6,9H2,1-4H3. The molecule has 2 unspecified atom stereocenters. The van der Waals surface area contributed by atoms with Gasteiger partial charge in [0.05, 0.1) is 7.11 Å². The number of halogens is 1. The summed E-state index contributed by atoms with van der Waals surface area (Å²) in [4.78, 5) is 0. The van der Waals surface area contributed by atoms with Crippen LogP contribution in [0.1, 0.15) is 45.2 Å². The van der Waals surface area contributed by atoms with E-state index in [1.165, 1.54) is 12.0 Å². The normalized spacial score (nSPS) is 14.3. The summed E-state index contributed by atoms with van der Waals surface area (Å²) >= 11 is 6.35. The molecule has 102 valence electrons. The first-order chi connectivity index (χ1) is 8.62. The fourth-order valence-electron chi connectivity index (χ4n) is 2.05. The summed E-state index contributed by atoms with van der Waals surface area (Å²) < 4.78 is 5.19. The van der Waals surface area contributed by atoms with Gasteiger partial charge in [0.25, 0.3) is 0 Å².